The highest BCUT2D eigenvalue weighted by Crippen LogP contribution is 2.27. The Morgan fingerprint density at radius 3 is 2.40 bits per heavy atom. The van der Waals surface area contributed by atoms with Crippen LogP contribution in [0.3, 0.4) is 0 Å². The summed E-state index contributed by atoms with van der Waals surface area (Å²) >= 11 is 0. The Bertz CT molecular complexity index is 406. The van der Waals surface area contributed by atoms with E-state index >= 15 is 0 Å². The number of benzene rings is 1. The molecule has 2 fully saturated rings. The van der Waals surface area contributed by atoms with E-state index in [0.717, 1.165) is 5.92 Å². The van der Waals surface area contributed by atoms with Gasteiger partial charge in [0.25, 0.3) is 0 Å². The highest BCUT2D eigenvalue weighted by Gasteiger charge is 2.18. The second kappa shape index (κ2) is 6.51. The molecule has 1 heterocycles. The lowest BCUT2D eigenvalue weighted by atomic mass is 9.87. The van der Waals surface area contributed by atoms with Crippen molar-refractivity contribution in [1.82, 2.24) is 0 Å². The van der Waals surface area contributed by atoms with Crippen molar-refractivity contribution >= 4 is 11.4 Å². The van der Waals surface area contributed by atoms with E-state index in [1.807, 2.05) is 0 Å². The third kappa shape index (κ3) is 3.47. The number of hydrogen-bond acceptors (Lipinski definition) is 2. The first kappa shape index (κ1) is 13.8. The lowest BCUT2D eigenvalue weighted by Crippen LogP contribution is -2.29. The maximum Gasteiger partial charge on any atom is 0.0367 e. The van der Waals surface area contributed by atoms with Crippen molar-refractivity contribution in [3.05, 3.63) is 24.3 Å². The molecule has 2 heteroatoms. The molecule has 1 aliphatic carbocycles. The van der Waals surface area contributed by atoms with Gasteiger partial charge in [-0.1, -0.05) is 19.8 Å². The van der Waals surface area contributed by atoms with E-state index in [0.29, 0.717) is 6.04 Å². The van der Waals surface area contributed by atoms with E-state index < -0.39 is 0 Å². The fourth-order valence-corrected chi connectivity index (χ4v) is 3.72. The maximum absolute atomic E-state index is 3.72. The molecule has 0 bridgehead atoms. The van der Waals surface area contributed by atoms with Crippen molar-refractivity contribution in [3.8, 4) is 0 Å². The van der Waals surface area contributed by atoms with Gasteiger partial charge in [0.15, 0.2) is 0 Å². The molecular weight excluding hydrogens is 244 g/mol. The average Bonchev–Trinajstić information content (AvgIpc) is 2.49. The van der Waals surface area contributed by atoms with Crippen LogP contribution < -0.4 is 10.2 Å². The third-order valence-corrected chi connectivity index (χ3v) is 4.90. The van der Waals surface area contributed by atoms with Crippen LogP contribution in [-0.4, -0.2) is 19.1 Å². The van der Waals surface area contributed by atoms with Crippen LogP contribution in [0.5, 0.6) is 0 Å². The van der Waals surface area contributed by atoms with Crippen molar-refractivity contribution in [2.75, 3.05) is 23.3 Å². The third-order valence-electron chi connectivity index (χ3n) is 4.90. The summed E-state index contributed by atoms with van der Waals surface area (Å²) in [6.45, 7) is 4.84. The van der Waals surface area contributed by atoms with Gasteiger partial charge in [0.05, 0.1) is 0 Å². The van der Waals surface area contributed by atoms with Crippen LogP contribution in [0.1, 0.15) is 51.9 Å². The summed E-state index contributed by atoms with van der Waals surface area (Å²) in [4.78, 5) is 2.52. The predicted octanol–water partition coefficient (Wildman–Crippen LogP) is 4.67. The Morgan fingerprint density at radius 1 is 0.950 bits per heavy atom. The fraction of sp³-hybridized carbons (Fsp3) is 0.667. The predicted molar refractivity (Wildman–Crippen MR) is 87.5 cm³/mol. The molecule has 0 aromatic heterocycles. The second-order valence-electron chi connectivity index (χ2n) is 6.71. The van der Waals surface area contributed by atoms with Crippen LogP contribution in [0.15, 0.2) is 24.3 Å². The zero-order chi connectivity index (χ0) is 13.8. The number of rotatable bonds is 3. The molecule has 1 aliphatic heterocycles. The molecule has 2 nitrogen and oxygen atoms in total. The lowest BCUT2D eigenvalue weighted by molar-refractivity contribution is 0.358. The van der Waals surface area contributed by atoms with Gasteiger partial charge in [0.2, 0.25) is 0 Å². The number of anilines is 2. The summed E-state index contributed by atoms with van der Waals surface area (Å²) in [6.07, 6.45) is 9.54. The number of piperidine rings is 1. The monoisotopic (exact) mass is 272 g/mol. The Morgan fingerprint density at radius 2 is 1.70 bits per heavy atom. The summed E-state index contributed by atoms with van der Waals surface area (Å²) in [6, 6.07) is 9.80. The minimum atomic E-state index is 0.680. The van der Waals surface area contributed by atoms with Gasteiger partial charge in [0, 0.05) is 30.5 Å². The summed E-state index contributed by atoms with van der Waals surface area (Å²) in [5.41, 5.74) is 2.69. The molecule has 1 aromatic carbocycles. The topological polar surface area (TPSA) is 15.3 Å². The molecule has 20 heavy (non-hydrogen) atoms. The lowest BCUT2D eigenvalue weighted by Gasteiger charge is -2.30. The molecule has 0 spiro atoms. The Kier molecular flexibility index (Phi) is 4.49. The van der Waals surface area contributed by atoms with Gasteiger partial charge in [-0.15, -0.1) is 0 Å². The quantitative estimate of drug-likeness (QED) is 0.860. The number of nitrogens with zero attached hydrogens (tertiary/aromatic N) is 1. The molecular formula is C18H28N2. The summed E-state index contributed by atoms with van der Waals surface area (Å²) in [7, 11) is 0. The molecule has 0 amide bonds. The summed E-state index contributed by atoms with van der Waals surface area (Å²) in [5, 5.41) is 3.72. The van der Waals surface area contributed by atoms with Crippen LogP contribution in [0.4, 0.5) is 11.4 Å². The first-order valence-electron chi connectivity index (χ1n) is 8.43. The van der Waals surface area contributed by atoms with Gasteiger partial charge in [-0.25, -0.2) is 0 Å². The van der Waals surface area contributed by atoms with E-state index in [9.17, 15) is 0 Å². The van der Waals surface area contributed by atoms with E-state index in [4.69, 9.17) is 0 Å². The summed E-state index contributed by atoms with van der Waals surface area (Å²) < 4.78 is 0. The van der Waals surface area contributed by atoms with Gasteiger partial charge in [0.1, 0.15) is 0 Å². The highest BCUT2D eigenvalue weighted by atomic mass is 15.1. The highest BCUT2D eigenvalue weighted by molar-refractivity contribution is 5.55. The van der Waals surface area contributed by atoms with Crippen LogP contribution >= 0.6 is 0 Å². The van der Waals surface area contributed by atoms with Crippen molar-refractivity contribution in [1.29, 1.82) is 0 Å². The number of hydrogen-bond donors (Lipinski definition) is 1. The zero-order valence-electron chi connectivity index (χ0n) is 12.8. The first-order valence-corrected chi connectivity index (χ1v) is 8.43. The van der Waals surface area contributed by atoms with Gasteiger partial charge < -0.3 is 10.2 Å². The minimum Gasteiger partial charge on any atom is -0.382 e. The van der Waals surface area contributed by atoms with Crippen molar-refractivity contribution < 1.29 is 0 Å². The van der Waals surface area contributed by atoms with Gasteiger partial charge in [-0.3, -0.25) is 0 Å². The molecule has 1 saturated carbocycles. The van der Waals surface area contributed by atoms with Crippen LogP contribution in [0, 0.1) is 5.92 Å². The van der Waals surface area contributed by atoms with Gasteiger partial charge >= 0.3 is 0 Å². The van der Waals surface area contributed by atoms with Gasteiger partial charge in [-0.05, 0) is 62.3 Å². The largest absolute Gasteiger partial charge is 0.382 e. The Labute approximate surface area is 123 Å². The maximum atomic E-state index is 3.72. The minimum absolute atomic E-state index is 0.680. The SMILES string of the molecule is CC1CCCC(Nc2ccc(N3CCCCC3)cc2)C1. The van der Waals surface area contributed by atoms with Crippen LogP contribution in [-0.2, 0) is 0 Å². The van der Waals surface area contributed by atoms with E-state index in [2.05, 4.69) is 41.4 Å². The number of nitrogens with one attached hydrogen (secondary N) is 1. The van der Waals surface area contributed by atoms with Crippen molar-refractivity contribution in [2.45, 2.75) is 57.9 Å². The second-order valence-corrected chi connectivity index (χ2v) is 6.71. The smallest absolute Gasteiger partial charge is 0.0367 e. The standard InChI is InChI=1S/C18H28N2/c1-15-6-5-7-17(14-15)19-16-8-10-18(11-9-16)20-12-3-2-4-13-20/h8-11,15,17,19H,2-7,12-14H2,1H3. The molecule has 1 saturated heterocycles. The molecule has 3 rings (SSSR count). The van der Waals surface area contributed by atoms with Crippen LogP contribution in [0.2, 0.25) is 0 Å². The fourth-order valence-electron chi connectivity index (χ4n) is 3.72. The van der Waals surface area contributed by atoms with E-state index in [1.165, 1.54) is 69.4 Å². The normalized spacial score (nSPS) is 27.4. The Hall–Kier alpha value is -1.18. The molecule has 110 valence electrons. The van der Waals surface area contributed by atoms with Crippen LogP contribution in [0.25, 0.3) is 0 Å². The van der Waals surface area contributed by atoms with Crippen molar-refractivity contribution in [2.24, 2.45) is 5.92 Å². The zero-order valence-corrected chi connectivity index (χ0v) is 12.8. The molecule has 1 aromatic rings. The molecule has 2 unspecified atom stereocenters. The Balaban J connectivity index is 1.58. The molecule has 2 atom stereocenters. The van der Waals surface area contributed by atoms with Crippen molar-refractivity contribution in [3.63, 3.8) is 0 Å². The van der Waals surface area contributed by atoms with E-state index in [1.54, 1.807) is 0 Å². The van der Waals surface area contributed by atoms with Gasteiger partial charge in [-0.2, -0.15) is 0 Å². The molecule has 1 N–H and O–H groups in total. The molecule has 0 radical (unpaired) electrons. The first-order chi connectivity index (χ1) is 9.81. The molecule has 2 aliphatic rings. The van der Waals surface area contributed by atoms with E-state index in [-0.39, 0.29) is 0 Å². The average molecular weight is 272 g/mol. The summed E-state index contributed by atoms with van der Waals surface area (Å²) in [5.74, 6) is 0.883.